The smallest absolute Gasteiger partial charge is 0.264 e. The Hall–Kier alpha value is -3.17. The van der Waals surface area contributed by atoms with Crippen molar-refractivity contribution in [2.75, 3.05) is 16.6 Å². The van der Waals surface area contributed by atoms with Crippen LogP contribution in [0.5, 0.6) is 5.75 Å². The molecule has 1 heterocycles. The highest BCUT2D eigenvalue weighted by molar-refractivity contribution is 7.92. The van der Waals surface area contributed by atoms with E-state index in [4.69, 9.17) is 16.3 Å². The summed E-state index contributed by atoms with van der Waals surface area (Å²) in [6.07, 6.45) is 2.97. The summed E-state index contributed by atoms with van der Waals surface area (Å²) in [6.45, 7) is 0.156. The SMILES string of the molecule is O=C(CCOc1ccccc1Cl)Nc1ccc(S(=O)(=O)Nc2ncccn2)cc1. The van der Waals surface area contributed by atoms with Gasteiger partial charge in [0.2, 0.25) is 11.9 Å². The number of amides is 1. The third-order valence-electron chi connectivity index (χ3n) is 3.66. The van der Waals surface area contributed by atoms with Gasteiger partial charge in [-0.3, -0.25) is 4.79 Å². The maximum Gasteiger partial charge on any atom is 0.264 e. The first kappa shape index (κ1) is 20.6. The molecule has 0 aliphatic heterocycles. The molecule has 0 aliphatic rings. The second-order valence-corrected chi connectivity index (χ2v) is 7.87. The molecule has 8 nitrogen and oxygen atoms in total. The number of benzene rings is 2. The van der Waals surface area contributed by atoms with Gasteiger partial charge in [-0.1, -0.05) is 23.7 Å². The third kappa shape index (κ3) is 5.90. The van der Waals surface area contributed by atoms with Crippen LogP contribution >= 0.6 is 11.6 Å². The van der Waals surface area contributed by atoms with Crippen LogP contribution in [-0.4, -0.2) is 30.9 Å². The van der Waals surface area contributed by atoms with Gasteiger partial charge in [0.25, 0.3) is 10.0 Å². The summed E-state index contributed by atoms with van der Waals surface area (Å²) in [6, 6.07) is 14.3. The Morgan fingerprint density at radius 2 is 1.69 bits per heavy atom. The number of carbonyl (C=O) groups excluding carboxylic acids is 1. The number of halogens is 1. The third-order valence-corrected chi connectivity index (χ3v) is 5.32. The van der Waals surface area contributed by atoms with Crippen molar-refractivity contribution in [3.8, 4) is 5.75 Å². The first-order valence-electron chi connectivity index (χ1n) is 8.51. The zero-order valence-corrected chi connectivity index (χ0v) is 16.7. The minimum absolute atomic E-state index is 0.0185. The zero-order valence-electron chi connectivity index (χ0n) is 15.1. The van der Waals surface area contributed by atoms with Crippen molar-refractivity contribution in [2.45, 2.75) is 11.3 Å². The van der Waals surface area contributed by atoms with Crippen molar-refractivity contribution in [2.24, 2.45) is 0 Å². The number of sulfonamides is 1. The molecular formula is C19H17ClN4O4S. The van der Waals surface area contributed by atoms with Crippen molar-refractivity contribution in [3.63, 3.8) is 0 Å². The van der Waals surface area contributed by atoms with E-state index in [1.54, 1.807) is 30.3 Å². The van der Waals surface area contributed by atoms with Crippen LogP contribution in [0.4, 0.5) is 11.6 Å². The number of hydrogen-bond acceptors (Lipinski definition) is 6. The molecular weight excluding hydrogens is 416 g/mol. The minimum Gasteiger partial charge on any atom is -0.491 e. The Morgan fingerprint density at radius 3 is 2.38 bits per heavy atom. The van der Waals surface area contributed by atoms with Gasteiger partial charge in [-0.25, -0.2) is 23.1 Å². The predicted molar refractivity (Wildman–Crippen MR) is 109 cm³/mol. The van der Waals surface area contributed by atoms with Crippen molar-refractivity contribution >= 4 is 39.2 Å². The van der Waals surface area contributed by atoms with Crippen LogP contribution in [-0.2, 0) is 14.8 Å². The van der Waals surface area contributed by atoms with Gasteiger partial charge in [0.1, 0.15) is 5.75 Å². The van der Waals surface area contributed by atoms with Gasteiger partial charge in [-0.15, -0.1) is 0 Å². The predicted octanol–water partition coefficient (Wildman–Crippen LogP) is 3.34. The van der Waals surface area contributed by atoms with Crippen LogP contribution in [0, 0.1) is 0 Å². The van der Waals surface area contributed by atoms with Gasteiger partial charge in [-0.2, -0.15) is 0 Å². The van der Waals surface area contributed by atoms with Crippen LogP contribution in [0.1, 0.15) is 6.42 Å². The van der Waals surface area contributed by atoms with Gasteiger partial charge >= 0.3 is 0 Å². The lowest BCUT2D eigenvalue weighted by atomic mass is 10.3. The molecule has 150 valence electrons. The monoisotopic (exact) mass is 432 g/mol. The molecule has 3 aromatic rings. The van der Waals surface area contributed by atoms with E-state index in [1.165, 1.54) is 36.7 Å². The average Bonchev–Trinajstić information content (AvgIpc) is 2.70. The van der Waals surface area contributed by atoms with Crippen LogP contribution < -0.4 is 14.8 Å². The molecule has 0 aliphatic carbocycles. The van der Waals surface area contributed by atoms with Gasteiger partial charge < -0.3 is 10.1 Å². The maximum absolute atomic E-state index is 12.3. The standard InChI is InChI=1S/C19H17ClN4O4S/c20-16-4-1-2-5-17(16)28-13-10-18(25)23-14-6-8-15(9-7-14)29(26,27)24-19-21-11-3-12-22-19/h1-9,11-12H,10,13H2,(H,23,25)(H,21,22,24). The quantitative estimate of drug-likeness (QED) is 0.564. The van der Waals surface area contributed by atoms with Crippen molar-refractivity contribution < 1.29 is 17.9 Å². The molecule has 10 heteroatoms. The number of rotatable bonds is 8. The van der Waals surface area contributed by atoms with Gasteiger partial charge in [-0.05, 0) is 42.5 Å². The summed E-state index contributed by atoms with van der Waals surface area (Å²) in [4.78, 5) is 19.7. The van der Waals surface area contributed by atoms with E-state index < -0.39 is 10.0 Å². The molecule has 0 spiro atoms. The van der Waals surface area contributed by atoms with Crippen molar-refractivity contribution in [1.29, 1.82) is 0 Å². The number of aromatic nitrogens is 2. The van der Waals surface area contributed by atoms with E-state index in [9.17, 15) is 13.2 Å². The van der Waals surface area contributed by atoms with Crippen molar-refractivity contribution in [3.05, 3.63) is 72.0 Å². The van der Waals surface area contributed by atoms with E-state index in [-0.39, 0.29) is 29.8 Å². The fourth-order valence-electron chi connectivity index (χ4n) is 2.29. The molecule has 2 aromatic carbocycles. The number of nitrogens with zero attached hydrogens (tertiary/aromatic N) is 2. The summed E-state index contributed by atoms with van der Waals surface area (Å²) < 4.78 is 32.4. The molecule has 0 fully saturated rings. The molecule has 29 heavy (non-hydrogen) atoms. The fourth-order valence-corrected chi connectivity index (χ4v) is 3.44. The summed E-state index contributed by atoms with van der Waals surface area (Å²) in [5, 5.41) is 3.15. The Labute approximate surface area is 173 Å². The lowest BCUT2D eigenvalue weighted by molar-refractivity contribution is -0.116. The van der Waals surface area contributed by atoms with Crippen LogP contribution in [0.3, 0.4) is 0 Å². The van der Waals surface area contributed by atoms with Crippen LogP contribution in [0.2, 0.25) is 5.02 Å². The Balaban J connectivity index is 1.53. The molecule has 1 amide bonds. The van der Waals surface area contributed by atoms with E-state index in [1.807, 2.05) is 0 Å². The lowest BCUT2D eigenvalue weighted by Gasteiger charge is -2.09. The Bertz CT molecular complexity index is 1080. The zero-order chi connectivity index (χ0) is 20.7. The normalized spacial score (nSPS) is 10.9. The molecule has 0 saturated heterocycles. The number of para-hydroxylation sites is 1. The van der Waals surface area contributed by atoms with Gasteiger partial charge in [0, 0.05) is 18.1 Å². The van der Waals surface area contributed by atoms with E-state index in [0.29, 0.717) is 16.5 Å². The Kier molecular flexibility index (Phi) is 6.63. The highest BCUT2D eigenvalue weighted by Gasteiger charge is 2.15. The summed E-state index contributed by atoms with van der Waals surface area (Å²) in [7, 11) is -3.83. The average molecular weight is 433 g/mol. The first-order chi connectivity index (χ1) is 13.9. The molecule has 0 bridgehead atoms. The number of nitrogens with one attached hydrogen (secondary N) is 2. The Morgan fingerprint density at radius 1 is 1.00 bits per heavy atom. The molecule has 0 radical (unpaired) electrons. The number of carbonyl (C=O) groups is 1. The molecule has 2 N–H and O–H groups in total. The van der Waals surface area contributed by atoms with E-state index in [2.05, 4.69) is 20.0 Å². The van der Waals surface area contributed by atoms with Crippen LogP contribution in [0.15, 0.2) is 71.9 Å². The molecule has 0 atom stereocenters. The second-order valence-electron chi connectivity index (χ2n) is 5.78. The van der Waals surface area contributed by atoms with Gasteiger partial charge in [0.05, 0.1) is 22.9 Å². The molecule has 0 unspecified atom stereocenters. The molecule has 1 aromatic heterocycles. The van der Waals surface area contributed by atoms with Crippen molar-refractivity contribution in [1.82, 2.24) is 9.97 Å². The number of anilines is 2. The minimum atomic E-state index is -3.83. The number of hydrogen-bond donors (Lipinski definition) is 2. The highest BCUT2D eigenvalue weighted by atomic mass is 35.5. The maximum atomic E-state index is 12.3. The largest absolute Gasteiger partial charge is 0.491 e. The summed E-state index contributed by atoms with van der Waals surface area (Å²) in [5.74, 6) is 0.207. The van der Waals surface area contributed by atoms with E-state index >= 15 is 0 Å². The topological polar surface area (TPSA) is 110 Å². The van der Waals surface area contributed by atoms with E-state index in [0.717, 1.165) is 0 Å². The fraction of sp³-hybridized carbons (Fsp3) is 0.105. The lowest BCUT2D eigenvalue weighted by Crippen LogP contribution is -2.16. The highest BCUT2D eigenvalue weighted by Crippen LogP contribution is 2.23. The number of ether oxygens (including phenoxy) is 1. The first-order valence-corrected chi connectivity index (χ1v) is 10.4. The van der Waals surface area contributed by atoms with Gasteiger partial charge in [0.15, 0.2) is 0 Å². The molecule has 0 saturated carbocycles. The summed E-state index contributed by atoms with van der Waals surface area (Å²) in [5.41, 5.74) is 0.461. The second kappa shape index (κ2) is 9.35. The van der Waals surface area contributed by atoms with Crippen LogP contribution in [0.25, 0.3) is 0 Å². The summed E-state index contributed by atoms with van der Waals surface area (Å²) >= 11 is 5.98. The molecule has 3 rings (SSSR count).